The van der Waals surface area contributed by atoms with Crippen LogP contribution in [0.15, 0.2) is 30.6 Å². The van der Waals surface area contributed by atoms with Crippen LogP contribution < -0.4 is 10.5 Å². The molecule has 0 aliphatic carbocycles. The minimum atomic E-state index is 0.152. The lowest BCUT2D eigenvalue weighted by atomic mass is 10.1. The van der Waals surface area contributed by atoms with E-state index in [1.165, 1.54) is 5.56 Å². The third-order valence-corrected chi connectivity index (χ3v) is 3.50. The van der Waals surface area contributed by atoms with Gasteiger partial charge in [0.15, 0.2) is 10.8 Å². The monoisotopic (exact) mass is 303 g/mol. The molecule has 21 heavy (non-hydrogen) atoms. The summed E-state index contributed by atoms with van der Waals surface area (Å²) in [5.41, 5.74) is 8.05. The molecule has 6 nitrogen and oxygen atoms in total. The molecule has 2 N–H and O–H groups in total. The van der Waals surface area contributed by atoms with Crippen molar-refractivity contribution < 1.29 is 4.74 Å². The van der Waals surface area contributed by atoms with Gasteiger partial charge in [0.25, 0.3) is 0 Å². The van der Waals surface area contributed by atoms with Crippen LogP contribution >= 0.6 is 11.6 Å². The minimum absolute atomic E-state index is 0.152. The van der Waals surface area contributed by atoms with E-state index in [0.717, 1.165) is 18.7 Å². The Bertz CT molecular complexity index is 769. The Morgan fingerprint density at radius 3 is 2.71 bits per heavy atom. The van der Waals surface area contributed by atoms with Crippen LogP contribution in [-0.2, 0) is 13.0 Å². The number of aromatic nitrogens is 4. The number of nitrogens with two attached hydrogens (primary N) is 1. The lowest BCUT2D eigenvalue weighted by molar-refractivity contribution is 0.414. The van der Waals surface area contributed by atoms with Gasteiger partial charge in [0, 0.05) is 6.54 Å². The highest BCUT2D eigenvalue weighted by molar-refractivity contribution is 6.33. The molecule has 0 aliphatic heterocycles. The number of hydrogen-bond acceptors (Lipinski definition) is 5. The molecule has 7 heteroatoms. The van der Waals surface area contributed by atoms with E-state index in [0.29, 0.717) is 11.2 Å². The lowest BCUT2D eigenvalue weighted by Crippen LogP contribution is -2.03. The summed E-state index contributed by atoms with van der Waals surface area (Å²) in [5, 5.41) is 0.278. The first-order valence-corrected chi connectivity index (χ1v) is 6.82. The molecule has 0 spiro atoms. The Hall–Kier alpha value is -2.34. The van der Waals surface area contributed by atoms with E-state index in [1.807, 2.05) is 28.8 Å². The molecule has 0 fully saturated rings. The van der Waals surface area contributed by atoms with Gasteiger partial charge in [-0.3, -0.25) is 0 Å². The first kappa shape index (κ1) is 13.6. The number of anilines is 1. The first-order chi connectivity index (χ1) is 10.2. The number of nitrogens with zero attached hydrogens (tertiary/aromatic N) is 4. The van der Waals surface area contributed by atoms with Crippen LogP contribution in [0.1, 0.15) is 5.56 Å². The molecule has 0 saturated heterocycles. The Morgan fingerprint density at radius 1 is 1.24 bits per heavy atom. The second-order valence-corrected chi connectivity index (χ2v) is 4.94. The zero-order valence-corrected chi connectivity index (χ0v) is 12.2. The molecule has 108 valence electrons. The number of methoxy groups -OCH3 is 1. The fraction of sp³-hybridized carbons (Fsp3) is 0.214. The molecule has 0 atom stereocenters. The second-order valence-electron chi connectivity index (χ2n) is 4.58. The SMILES string of the molecule is COc1ccc(CCn2cnc3c(Cl)nc(N)nc32)cc1. The van der Waals surface area contributed by atoms with Crippen molar-refractivity contribution in [3.8, 4) is 5.75 Å². The van der Waals surface area contributed by atoms with Crippen LogP contribution in [0, 0.1) is 0 Å². The van der Waals surface area contributed by atoms with Crippen molar-refractivity contribution in [1.29, 1.82) is 0 Å². The number of hydrogen-bond donors (Lipinski definition) is 1. The van der Waals surface area contributed by atoms with Gasteiger partial charge in [-0.1, -0.05) is 23.7 Å². The van der Waals surface area contributed by atoms with E-state index in [4.69, 9.17) is 22.1 Å². The van der Waals surface area contributed by atoms with Gasteiger partial charge in [-0.05, 0) is 24.1 Å². The van der Waals surface area contributed by atoms with Gasteiger partial charge in [0.05, 0.1) is 13.4 Å². The molecule has 0 aliphatic rings. The van der Waals surface area contributed by atoms with E-state index < -0.39 is 0 Å². The summed E-state index contributed by atoms with van der Waals surface area (Å²) in [7, 11) is 1.65. The maximum atomic E-state index is 6.01. The molecule has 3 rings (SSSR count). The summed E-state index contributed by atoms with van der Waals surface area (Å²) in [6.07, 6.45) is 2.55. The van der Waals surface area contributed by atoms with Crippen molar-refractivity contribution in [2.24, 2.45) is 0 Å². The normalized spacial score (nSPS) is 11.0. The summed E-state index contributed by atoms with van der Waals surface area (Å²) in [6, 6.07) is 7.96. The highest BCUT2D eigenvalue weighted by Gasteiger charge is 2.10. The van der Waals surface area contributed by atoms with Crippen molar-refractivity contribution in [2.75, 3.05) is 12.8 Å². The van der Waals surface area contributed by atoms with Gasteiger partial charge >= 0.3 is 0 Å². The summed E-state index contributed by atoms with van der Waals surface area (Å²) >= 11 is 6.01. The molecule has 1 aromatic carbocycles. The number of nitrogen functional groups attached to an aromatic ring is 1. The third kappa shape index (κ3) is 2.75. The number of aryl methyl sites for hydroxylation is 2. The second kappa shape index (κ2) is 5.57. The molecule has 0 radical (unpaired) electrons. The van der Waals surface area contributed by atoms with Crippen molar-refractivity contribution in [3.63, 3.8) is 0 Å². The van der Waals surface area contributed by atoms with Gasteiger partial charge in [-0.2, -0.15) is 9.97 Å². The predicted molar refractivity (Wildman–Crippen MR) is 81.4 cm³/mol. The topological polar surface area (TPSA) is 78.8 Å². The molecular weight excluding hydrogens is 290 g/mol. The number of ether oxygens (including phenoxy) is 1. The van der Waals surface area contributed by atoms with Crippen LogP contribution in [0.25, 0.3) is 11.2 Å². The Labute approximate surface area is 126 Å². The number of rotatable bonds is 4. The van der Waals surface area contributed by atoms with E-state index in [9.17, 15) is 0 Å². The lowest BCUT2D eigenvalue weighted by Gasteiger charge is -2.05. The van der Waals surface area contributed by atoms with Gasteiger partial charge in [0.2, 0.25) is 5.95 Å². The fourth-order valence-electron chi connectivity index (χ4n) is 2.13. The third-order valence-electron chi connectivity index (χ3n) is 3.24. The van der Waals surface area contributed by atoms with E-state index >= 15 is 0 Å². The van der Waals surface area contributed by atoms with Gasteiger partial charge < -0.3 is 15.0 Å². The van der Waals surface area contributed by atoms with E-state index in [2.05, 4.69) is 15.0 Å². The number of benzene rings is 1. The summed E-state index contributed by atoms with van der Waals surface area (Å²) in [6.45, 7) is 0.732. The maximum absolute atomic E-state index is 6.01. The Balaban J connectivity index is 1.81. The summed E-state index contributed by atoms with van der Waals surface area (Å²) < 4.78 is 7.06. The van der Waals surface area contributed by atoms with E-state index in [-0.39, 0.29) is 11.1 Å². The van der Waals surface area contributed by atoms with Crippen LogP contribution in [0.2, 0.25) is 5.15 Å². The van der Waals surface area contributed by atoms with Gasteiger partial charge in [0.1, 0.15) is 11.3 Å². The number of imidazole rings is 1. The van der Waals surface area contributed by atoms with Crippen molar-refractivity contribution in [1.82, 2.24) is 19.5 Å². The molecule has 0 unspecified atom stereocenters. The van der Waals surface area contributed by atoms with Crippen molar-refractivity contribution >= 4 is 28.7 Å². The minimum Gasteiger partial charge on any atom is -0.497 e. The standard InChI is InChI=1S/C14H14ClN5O/c1-21-10-4-2-9(3-5-10)6-7-20-8-17-11-12(15)18-14(16)19-13(11)20/h2-5,8H,6-7H2,1H3,(H2,16,18,19). The van der Waals surface area contributed by atoms with Crippen LogP contribution in [-0.4, -0.2) is 26.6 Å². The average Bonchev–Trinajstić information content (AvgIpc) is 2.89. The molecule has 0 amide bonds. The zero-order valence-electron chi connectivity index (χ0n) is 11.5. The molecule has 3 aromatic rings. The first-order valence-electron chi connectivity index (χ1n) is 6.44. The summed E-state index contributed by atoms with van der Waals surface area (Å²) in [5.74, 6) is 0.998. The van der Waals surface area contributed by atoms with Crippen LogP contribution in [0.3, 0.4) is 0 Å². The predicted octanol–water partition coefficient (Wildman–Crippen LogP) is 2.31. The molecule has 0 saturated carbocycles. The number of fused-ring (bicyclic) bond motifs is 1. The molecular formula is C14H14ClN5O. The maximum Gasteiger partial charge on any atom is 0.223 e. The van der Waals surface area contributed by atoms with Gasteiger partial charge in [-0.15, -0.1) is 0 Å². The highest BCUT2D eigenvalue weighted by Crippen LogP contribution is 2.20. The smallest absolute Gasteiger partial charge is 0.223 e. The van der Waals surface area contributed by atoms with Crippen molar-refractivity contribution in [3.05, 3.63) is 41.3 Å². The Kier molecular flexibility index (Phi) is 3.62. The largest absolute Gasteiger partial charge is 0.497 e. The summed E-state index contributed by atoms with van der Waals surface area (Å²) in [4.78, 5) is 12.3. The molecule has 2 aromatic heterocycles. The van der Waals surface area contributed by atoms with Crippen LogP contribution in [0.5, 0.6) is 5.75 Å². The van der Waals surface area contributed by atoms with Crippen LogP contribution in [0.4, 0.5) is 5.95 Å². The average molecular weight is 304 g/mol. The zero-order chi connectivity index (χ0) is 14.8. The molecule has 0 bridgehead atoms. The molecule has 2 heterocycles. The fourth-order valence-corrected chi connectivity index (χ4v) is 2.35. The number of halogens is 1. The van der Waals surface area contributed by atoms with E-state index in [1.54, 1.807) is 13.4 Å². The van der Waals surface area contributed by atoms with Crippen molar-refractivity contribution in [2.45, 2.75) is 13.0 Å². The highest BCUT2D eigenvalue weighted by atomic mass is 35.5. The van der Waals surface area contributed by atoms with Gasteiger partial charge in [-0.25, -0.2) is 4.98 Å². The quantitative estimate of drug-likeness (QED) is 0.748. The Morgan fingerprint density at radius 2 is 2.00 bits per heavy atom.